The lowest BCUT2D eigenvalue weighted by atomic mass is 10.1. The zero-order chi connectivity index (χ0) is 16.7. The summed E-state index contributed by atoms with van der Waals surface area (Å²) in [5.74, 6) is -1.55. The molecule has 2 rings (SSSR count). The molecule has 0 aliphatic rings. The van der Waals surface area contributed by atoms with Crippen molar-refractivity contribution in [2.24, 2.45) is 0 Å². The van der Waals surface area contributed by atoms with Gasteiger partial charge >= 0.3 is 0 Å². The minimum Gasteiger partial charge on any atom is -0.544 e. The van der Waals surface area contributed by atoms with E-state index in [4.69, 9.17) is 0 Å². The highest BCUT2D eigenvalue weighted by Crippen LogP contribution is 2.22. The van der Waals surface area contributed by atoms with Crippen molar-refractivity contribution in [3.8, 4) is 0 Å². The number of fused-ring (bicyclic) bond motifs is 1. The van der Waals surface area contributed by atoms with Gasteiger partial charge in [0.05, 0.1) is 25.5 Å². The lowest BCUT2D eigenvalue weighted by Gasteiger charge is -2.16. The number of nitrogens with two attached hydrogens (primary N) is 1. The zero-order valence-corrected chi connectivity index (χ0v) is 13.0. The van der Waals surface area contributed by atoms with Crippen molar-refractivity contribution in [2.75, 3.05) is 18.4 Å². The van der Waals surface area contributed by atoms with Gasteiger partial charge in [0.15, 0.2) is 0 Å². The van der Waals surface area contributed by atoms with E-state index in [1.807, 2.05) is 36.4 Å². The molecule has 1 amide bonds. The number of carbonyl (C=O) groups excluding carboxylic acids is 2. The molecule has 2 aromatic rings. The van der Waals surface area contributed by atoms with Crippen molar-refractivity contribution in [3.63, 3.8) is 0 Å². The molecule has 0 aliphatic carbocycles. The first-order valence-corrected chi connectivity index (χ1v) is 7.73. The Morgan fingerprint density at radius 1 is 1.17 bits per heavy atom. The molecule has 0 saturated heterocycles. The maximum atomic E-state index is 12.2. The maximum absolute atomic E-state index is 12.2. The lowest BCUT2D eigenvalue weighted by molar-refractivity contribution is -0.684. The van der Waals surface area contributed by atoms with Gasteiger partial charge in [-0.2, -0.15) is 0 Å². The number of aliphatic carboxylic acids is 1. The molecule has 0 spiro atoms. The highest BCUT2D eigenvalue weighted by atomic mass is 16.4. The fourth-order valence-corrected chi connectivity index (χ4v) is 2.46. The first-order valence-electron chi connectivity index (χ1n) is 7.73. The van der Waals surface area contributed by atoms with Crippen molar-refractivity contribution in [3.05, 3.63) is 42.5 Å². The van der Waals surface area contributed by atoms with Gasteiger partial charge in [-0.1, -0.05) is 36.4 Å². The number of anilines is 1. The number of benzene rings is 2. The molecule has 0 heterocycles. The largest absolute Gasteiger partial charge is 0.544 e. The third kappa shape index (κ3) is 4.77. The number of hydrogen-bond acceptors (Lipinski definition) is 3. The molecule has 0 radical (unpaired) electrons. The number of nitrogens with one attached hydrogen (secondary N) is 1. The van der Waals surface area contributed by atoms with Gasteiger partial charge in [0.25, 0.3) is 0 Å². The SMILES string of the molecule is [NH3+]CCC[NH2+][C@@H](CC(=O)Nc1cccc2ccccc12)C(=O)[O-]. The highest BCUT2D eigenvalue weighted by molar-refractivity contribution is 6.02. The number of quaternary nitrogens is 2. The molecule has 0 saturated carbocycles. The Balaban J connectivity index is 2.03. The topological polar surface area (TPSA) is 113 Å². The van der Waals surface area contributed by atoms with Gasteiger partial charge in [0.2, 0.25) is 5.91 Å². The van der Waals surface area contributed by atoms with E-state index in [-0.39, 0.29) is 12.3 Å². The van der Waals surface area contributed by atoms with E-state index >= 15 is 0 Å². The number of amides is 1. The minimum atomic E-state index is -1.22. The third-order valence-electron chi connectivity index (χ3n) is 3.68. The van der Waals surface area contributed by atoms with Gasteiger partial charge in [0, 0.05) is 17.5 Å². The first kappa shape index (κ1) is 16.9. The fraction of sp³-hybridized carbons (Fsp3) is 0.294. The standard InChI is InChI=1S/C17H21N3O3/c18-9-4-10-19-15(17(22)23)11-16(21)20-14-8-3-6-12-5-1-2-7-13(12)14/h1-3,5-8,15,19H,4,9-11,18H2,(H,20,21)(H,22,23)/p+1/t15-/m0/s1. The third-order valence-corrected chi connectivity index (χ3v) is 3.68. The van der Waals surface area contributed by atoms with Crippen LogP contribution in [0.2, 0.25) is 0 Å². The molecule has 0 aromatic heterocycles. The summed E-state index contributed by atoms with van der Waals surface area (Å²) < 4.78 is 0. The second-order valence-corrected chi connectivity index (χ2v) is 5.44. The molecule has 0 bridgehead atoms. The van der Waals surface area contributed by atoms with Crippen LogP contribution in [0.1, 0.15) is 12.8 Å². The number of hydrogen-bond donors (Lipinski definition) is 3. The molecule has 0 fully saturated rings. The Hall–Kier alpha value is -2.44. The molecule has 122 valence electrons. The monoisotopic (exact) mass is 316 g/mol. The van der Waals surface area contributed by atoms with Crippen molar-refractivity contribution in [1.29, 1.82) is 0 Å². The summed E-state index contributed by atoms with van der Waals surface area (Å²) in [6, 6.07) is 12.4. The minimum absolute atomic E-state index is 0.122. The average Bonchev–Trinajstić information content (AvgIpc) is 2.54. The van der Waals surface area contributed by atoms with Crippen LogP contribution in [0.25, 0.3) is 10.8 Å². The van der Waals surface area contributed by atoms with Crippen LogP contribution in [0.4, 0.5) is 5.69 Å². The summed E-state index contributed by atoms with van der Waals surface area (Å²) in [6.07, 6.45) is 0.678. The molecular weight excluding hydrogens is 294 g/mol. The van der Waals surface area contributed by atoms with Gasteiger partial charge in [0.1, 0.15) is 6.04 Å². The predicted octanol–water partition coefficient (Wildman–Crippen LogP) is -1.52. The van der Waals surface area contributed by atoms with Crippen LogP contribution >= 0.6 is 0 Å². The van der Waals surface area contributed by atoms with Crippen molar-refractivity contribution in [1.82, 2.24) is 0 Å². The second kappa shape index (κ2) is 8.26. The van der Waals surface area contributed by atoms with Gasteiger partial charge in [-0.25, -0.2) is 0 Å². The van der Waals surface area contributed by atoms with E-state index in [0.717, 1.165) is 23.7 Å². The van der Waals surface area contributed by atoms with Gasteiger partial charge in [-0.3, -0.25) is 4.79 Å². The summed E-state index contributed by atoms with van der Waals surface area (Å²) in [6.45, 7) is 1.35. The normalized spacial score (nSPS) is 12.0. The van der Waals surface area contributed by atoms with Crippen LogP contribution in [0.15, 0.2) is 42.5 Å². The number of carbonyl (C=O) groups is 2. The molecule has 6 heteroatoms. The quantitative estimate of drug-likeness (QED) is 0.514. The summed E-state index contributed by atoms with van der Waals surface area (Å²) in [5.41, 5.74) is 4.39. The number of rotatable bonds is 8. The Kier molecular flexibility index (Phi) is 6.08. The Labute approximate surface area is 134 Å². The van der Waals surface area contributed by atoms with Crippen LogP contribution in [0, 0.1) is 0 Å². The van der Waals surface area contributed by atoms with Crippen molar-refractivity contribution >= 4 is 28.3 Å². The van der Waals surface area contributed by atoms with E-state index < -0.39 is 12.0 Å². The molecule has 1 atom stereocenters. The summed E-state index contributed by atoms with van der Waals surface area (Å²) in [5, 5.41) is 17.5. The molecule has 23 heavy (non-hydrogen) atoms. The van der Waals surface area contributed by atoms with E-state index in [9.17, 15) is 14.7 Å². The summed E-state index contributed by atoms with van der Waals surface area (Å²) in [4.78, 5) is 23.3. The lowest BCUT2D eigenvalue weighted by Crippen LogP contribution is -2.93. The van der Waals surface area contributed by atoms with E-state index in [0.29, 0.717) is 12.2 Å². The Morgan fingerprint density at radius 2 is 1.91 bits per heavy atom. The maximum Gasteiger partial charge on any atom is 0.230 e. The highest BCUT2D eigenvalue weighted by Gasteiger charge is 2.18. The molecule has 2 aromatic carbocycles. The van der Waals surface area contributed by atoms with Crippen molar-refractivity contribution < 1.29 is 25.7 Å². The molecule has 6 N–H and O–H groups in total. The van der Waals surface area contributed by atoms with E-state index in [1.54, 1.807) is 11.4 Å². The molecule has 0 aliphatic heterocycles. The summed E-state index contributed by atoms with van der Waals surface area (Å²) in [7, 11) is 0. The van der Waals surface area contributed by atoms with E-state index in [2.05, 4.69) is 11.1 Å². The van der Waals surface area contributed by atoms with Gasteiger partial charge in [-0.15, -0.1) is 0 Å². The zero-order valence-electron chi connectivity index (χ0n) is 13.0. The Morgan fingerprint density at radius 3 is 2.65 bits per heavy atom. The predicted molar refractivity (Wildman–Crippen MR) is 85.2 cm³/mol. The van der Waals surface area contributed by atoms with Crippen LogP contribution in [-0.4, -0.2) is 31.0 Å². The van der Waals surface area contributed by atoms with Crippen LogP contribution < -0.4 is 21.5 Å². The van der Waals surface area contributed by atoms with Gasteiger partial charge in [-0.05, 0) is 11.5 Å². The molecule has 0 unspecified atom stereocenters. The number of carboxylic acids is 1. The van der Waals surface area contributed by atoms with Gasteiger partial charge < -0.3 is 26.3 Å². The van der Waals surface area contributed by atoms with Crippen LogP contribution in [0.5, 0.6) is 0 Å². The first-order chi connectivity index (χ1) is 11.1. The summed E-state index contributed by atoms with van der Waals surface area (Å²) >= 11 is 0. The molecular formula is C17H22N3O3+. The van der Waals surface area contributed by atoms with Crippen molar-refractivity contribution in [2.45, 2.75) is 18.9 Å². The van der Waals surface area contributed by atoms with Crippen LogP contribution in [0.3, 0.4) is 0 Å². The second-order valence-electron chi connectivity index (χ2n) is 5.44. The fourth-order valence-electron chi connectivity index (χ4n) is 2.46. The molecule has 6 nitrogen and oxygen atoms in total. The smallest absolute Gasteiger partial charge is 0.230 e. The van der Waals surface area contributed by atoms with Crippen LogP contribution in [-0.2, 0) is 9.59 Å². The number of carboxylic acid groups (broad SMARTS) is 1. The van der Waals surface area contributed by atoms with E-state index in [1.165, 1.54) is 0 Å². The average molecular weight is 316 g/mol. The Bertz CT molecular complexity index is 682.